The van der Waals surface area contributed by atoms with Gasteiger partial charge in [0, 0.05) is 11.7 Å². The third-order valence-electron chi connectivity index (χ3n) is 4.18. The molecule has 1 atom stereocenters. The highest BCUT2D eigenvalue weighted by atomic mass is 32.2. The summed E-state index contributed by atoms with van der Waals surface area (Å²) in [5.41, 5.74) is 0.984. The van der Waals surface area contributed by atoms with E-state index in [1.807, 2.05) is 12.1 Å². The number of rotatable bonds is 5. The van der Waals surface area contributed by atoms with Gasteiger partial charge in [-0.2, -0.15) is 0 Å². The van der Waals surface area contributed by atoms with E-state index in [9.17, 15) is 8.42 Å². The Labute approximate surface area is 122 Å². The lowest BCUT2D eigenvalue weighted by Gasteiger charge is -2.29. The zero-order chi connectivity index (χ0) is 14.6. The maximum Gasteiger partial charge on any atom is 0.240 e. The summed E-state index contributed by atoms with van der Waals surface area (Å²) in [4.78, 5) is 0.302. The van der Waals surface area contributed by atoms with Crippen LogP contribution < -0.4 is 10.0 Å². The first-order valence-electron chi connectivity index (χ1n) is 7.33. The number of nitrogens with one attached hydrogen (secondary N) is 2. The maximum absolute atomic E-state index is 11.7. The standard InChI is InChI=1S/C15H24N2O2S/c1-12(13-6-4-3-5-7-13)17-14-8-10-15(11-9-14)20(18,19)16-2/h8-13,16-17H,3-7H2,1-2H3. The van der Waals surface area contributed by atoms with Crippen LogP contribution in [-0.2, 0) is 10.0 Å². The normalized spacial score (nSPS) is 18.7. The molecule has 0 amide bonds. The maximum atomic E-state index is 11.7. The molecule has 1 saturated carbocycles. The summed E-state index contributed by atoms with van der Waals surface area (Å²) in [6.07, 6.45) is 6.60. The molecule has 0 bridgehead atoms. The summed E-state index contributed by atoms with van der Waals surface area (Å²) in [5.74, 6) is 0.726. The van der Waals surface area contributed by atoms with E-state index in [1.54, 1.807) is 12.1 Å². The van der Waals surface area contributed by atoms with Crippen molar-refractivity contribution in [3.8, 4) is 0 Å². The zero-order valence-electron chi connectivity index (χ0n) is 12.2. The number of sulfonamides is 1. The molecular formula is C15H24N2O2S. The van der Waals surface area contributed by atoms with E-state index in [0.717, 1.165) is 11.6 Å². The third kappa shape index (κ3) is 3.73. The Morgan fingerprint density at radius 3 is 2.25 bits per heavy atom. The van der Waals surface area contributed by atoms with E-state index >= 15 is 0 Å². The zero-order valence-corrected chi connectivity index (χ0v) is 13.0. The highest BCUT2D eigenvalue weighted by Gasteiger charge is 2.20. The molecule has 0 aliphatic heterocycles. The van der Waals surface area contributed by atoms with E-state index in [4.69, 9.17) is 0 Å². The van der Waals surface area contributed by atoms with Crippen LogP contribution in [0.3, 0.4) is 0 Å². The minimum absolute atomic E-state index is 0.302. The van der Waals surface area contributed by atoms with Gasteiger partial charge in [-0.1, -0.05) is 19.3 Å². The first-order valence-corrected chi connectivity index (χ1v) is 8.81. The number of hydrogen-bond donors (Lipinski definition) is 2. The van der Waals surface area contributed by atoms with Crippen molar-refractivity contribution in [3.05, 3.63) is 24.3 Å². The van der Waals surface area contributed by atoms with Crippen molar-refractivity contribution in [2.45, 2.75) is 50.0 Å². The molecule has 4 nitrogen and oxygen atoms in total. The van der Waals surface area contributed by atoms with Crippen LogP contribution in [0.15, 0.2) is 29.2 Å². The Morgan fingerprint density at radius 1 is 1.10 bits per heavy atom. The van der Waals surface area contributed by atoms with Crippen molar-refractivity contribution < 1.29 is 8.42 Å². The predicted molar refractivity (Wildman–Crippen MR) is 82.3 cm³/mol. The van der Waals surface area contributed by atoms with E-state index < -0.39 is 10.0 Å². The smallest absolute Gasteiger partial charge is 0.240 e. The summed E-state index contributed by atoms with van der Waals surface area (Å²) in [5, 5.41) is 3.49. The SMILES string of the molecule is CNS(=O)(=O)c1ccc(NC(C)C2CCCCC2)cc1. The highest BCUT2D eigenvalue weighted by molar-refractivity contribution is 7.89. The molecule has 1 aromatic rings. The minimum atomic E-state index is -3.34. The quantitative estimate of drug-likeness (QED) is 0.878. The van der Waals surface area contributed by atoms with Gasteiger partial charge in [-0.15, -0.1) is 0 Å². The third-order valence-corrected chi connectivity index (χ3v) is 5.61. The lowest BCUT2D eigenvalue weighted by atomic mass is 9.84. The molecule has 0 saturated heterocycles. The van der Waals surface area contributed by atoms with Crippen LogP contribution in [0.25, 0.3) is 0 Å². The molecule has 5 heteroatoms. The molecule has 0 heterocycles. The van der Waals surface area contributed by atoms with Gasteiger partial charge in [-0.3, -0.25) is 0 Å². The largest absolute Gasteiger partial charge is 0.382 e. The van der Waals surface area contributed by atoms with Crippen LogP contribution >= 0.6 is 0 Å². The Morgan fingerprint density at radius 2 is 1.70 bits per heavy atom. The fourth-order valence-corrected chi connectivity index (χ4v) is 3.59. The van der Waals surface area contributed by atoms with Crippen LogP contribution in [-0.4, -0.2) is 21.5 Å². The van der Waals surface area contributed by atoms with Gasteiger partial charge in [0.15, 0.2) is 0 Å². The molecular weight excluding hydrogens is 272 g/mol. The molecule has 2 rings (SSSR count). The van der Waals surface area contributed by atoms with Gasteiger partial charge in [-0.25, -0.2) is 13.1 Å². The fourth-order valence-electron chi connectivity index (χ4n) is 2.86. The lowest BCUT2D eigenvalue weighted by molar-refractivity contribution is 0.328. The molecule has 2 N–H and O–H groups in total. The van der Waals surface area contributed by atoms with Crippen LogP contribution in [0, 0.1) is 5.92 Å². The summed E-state index contributed by atoms with van der Waals surface area (Å²) >= 11 is 0. The van der Waals surface area contributed by atoms with Gasteiger partial charge >= 0.3 is 0 Å². The van der Waals surface area contributed by atoms with E-state index in [2.05, 4.69) is 17.0 Å². The fraction of sp³-hybridized carbons (Fsp3) is 0.600. The average molecular weight is 296 g/mol. The first kappa shape index (κ1) is 15.3. The second-order valence-corrected chi connectivity index (χ2v) is 7.45. The van der Waals surface area contributed by atoms with E-state index in [1.165, 1.54) is 39.2 Å². The molecule has 1 unspecified atom stereocenters. The van der Waals surface area contributed by atoms with Crippen molar-refractivity contribution in [1.82, 2.24) is 4.72 Å². The molecule has 20 heavy (non-hydrogen) atoms. The van der Waals surface area contributed by atoms with Crippen LogP contribution in [0.4, 0.5) is 5.69 Å². The number of hydrogen-bond acceptors (Lipinski definition) is 3. The van der Waals surface area contributed by atoms with Crippen LogP contribution in [0.1, 0.15) is 39.0 Å². The molecule has 1 aliphatic carbocycles. The molecule has 1 aromatic carbocycles. The first-order chi connectivity index (χ1) is 9.53. The van der Waals surface area contributed by atoms with Gasteiger partial charge in [-0.05, 0) is 57.0 Å². The predicted octanol–water partition coefficient (Wildman–Crippen LogP) is 2.98. The van der Waals surface area contributed by atoms with Gasteiger partial charge in [0.05, 0.1) is 4.90 Å². The highest BCUT2D eigenvalue weighted by Crippen LogP contribution is 2.28. The Bertz CT molecular complexity index is 519. The Kier molecular flexibility index (Phi) is 5.05. The average Bonchev–Trinajstić information content (AvgIpc) is 2.48. The summed E-state index contributed by atoms with van der Waals surface area (Å²) in [6.45, 7) is 2.22. The molecule has 0 aromatic heterocycles. The van der Waals surface area contributed by atoms with Gasteiger partial charge in [0.1, 0.15) is 0 Å². The topological polar surface area (TPSA) is 58.2 Å². The van der Waals surface area contributed by atoms with Crippen LogP contribution in [0.2, 0.25) is 0 Å². The Balaban J connectivity index is 2.00. The van der Waals surface area contributed by atoms with Crippen molar-refractivity contribution in [1.29, 1.82) is 0 Å². The van der Waals surface area contributed by atoms with Gasteiger partial charge < -0.3 is 5.32 Å². The Hall–Kier alpha value is -1.07. The van der Waals surface area contributed by atoms with Gasteiger partial charge in [0.2, 0.25) is 10.0 Å². The van der Waals surface area contributed by atoms with Crippen molar-refractivity contribution in [3.63, 3.8) is 0 Å². The van der Waals surface area contributed by atoms with Crippen LogP contribution in [0.5, 0.6) is 0 Å². The molecule has 0 spiro atoms. The van der Waals surface area contributed by atoms with Crippen molar-refractivity contribution >= 4 is 15.7 Å². The summed E-state index contributed by atoms with van der Waals surface area (Å²) in [6, 6.07) is 7.39. The molecule has 112 valence electrons. The second kappa shape index (κ2) is 6.59. The lowest BCUT2D eigenvalue weighted by Crippen LogP contribution is -2.27. The molecule has 1 aliphatic rings. The second-order valence-electron chi connectivity index (χ2n) is 5.56. The molecule has 1 fully saturated rings. The number of anilines is 1. The monoisotopic (exact) mass is 296 g/mol. The minimum Gasteiger partial charge on any atom is -0.382 e. The molecule has 0 radical (unpaired) electrons. The van der Waals surface area contributed by atoms with E-state index in [0.29, 0.717) is 10.9 Å². The van der Waals surface area contributed by atoms with Crippen molar-refractivity contribution in [2.24, 2.45) is 5.92 Å². The summed E-state index contributed by atoms with van der Waals surface area (Å²) in [7, 11) is -1.92. The summed E-state index contributed by atoms with van der Waals surface area (Å²) < 4.78 is 25.6. The van der Waals surface area contributed by atoms with Gasteiger partial charge in [0.25, 0.3) is 0 Å². The van der Waals surface area contributed by atoms with Crippen molar-refractivity contribution in [2.75, 3.05) is 12.4 Å². The number of benzene rings is 1. The van der Waals surface area contributed by atoms with E-state index in [-0.39, 0.29) is 0 Å².